The molecule has 0 aliphatic carbocycles. The number of nitrogens with one attached hydrogen (secondary N) is 2. The Labute approximate surface area is 159 Å². The summed E-state index contributed by atoms with van der Waals surface area (Å²) in [5.74, 6) is -0.0566. The van der Waals surface area contributed by atoms with Crippen molar-refractivity contribution >= 4 is 23.3 Å². The number of hydrogen-bond donors (Lipinski definition) is 3. The van der Waals surface area contributed by atoms with E-state index in [1.807, 2.05) is 48.7 Å². The van der Waals surface area contributed by atoms with Crippen molar-refractivity contribution in [2.75, 3.05) is 19.7 Å². The molecule has 0 bridgehead atoms. The number of thiocarbonyl (C=S) groups is 1. The van der Waals surface area contributed by atoms with Gasteiger partial charge in [0.15, 0.2) is 11.1 Å². The summed E-state index contributed by atoms with van der Waals surface area (Å²) < 4.78 is 5.62. The minimum atomic E-state index is -0.0566. The number of benzene rings is 1. The van der Waals surface area contributed by atoms with Crippen LogP contribution in [-0.2, 0) is 17.8 Å². The number of pyridine rings is 1. The van der Waals surface area contributed by atoms with Gasteiger partial charge in [-0.2, -0.15) is 0 Å². The number of hydrogen-bond acceptors (Lipinski definition) is 4. The highest BCUT2D eigenvalue weighted by Crippen LogP contribution is 2.03. The molecule has 0 fully saturated rings. The van der Waals surface area contributed by atoms with Crippen LogP contribution in [0.2, 0.25) is 0 Å². The molecule has 4 N–H and O–H groups in total. The molecule has 1 heterocycles. The third-order valence-electron chi connectivity index (χ3n) is 3.74. The molecule has 0 aliphatic rings. The molecule has 0 saturated heterocycles. The summed E-state index contributed by atoms with van der Waals surface area (Å²) in [5, 5.41) is 11.3. The Bertz CT molecular complexity index is 681. The van der Waals surface area contributed by atoms with Crippen molar-refractivity contribution in [1.82, 2.24) is 15.2 Å². The normalized spacial score (nSPS) is 10.3. The maximum atomic E-state index is 7.73. The van der Waals surface area contributed by atoms with E-state index in [9.17, 15) is 0 Å². The number of rotatable bonds is 9. The van der Waals surface area contributed by atoms with E-state index in [-0.39, 0.29) is 5.96 Å². The van der Waals surface area contributed by atoms with Gasteiger partial charge in [0, 0.05) is 25.5 Å². The van der Waals surface area contributed by atoms with Crippen LogP contribution in [-0.4, -0.2) is 40.7 Å². The van der Waals surface area contributed by atoms with Gasteiger partial charge in [-0.3, -0.25) is 15.3 Å². The molecule has 0 spiro atoms. The van der Waals surface area contributed by atoms with Crippen molar-refractivity contribution in [3.05, 3.63) is 66.0 Å². The van der Waals surface area contributed by atoms with Crippen molar-refractivity contribution in [1.29, 1.82) is 5.41 Å². The summed E-state index contributed by atoms with van der Waals surface area (Å²) in [6, 6.07) is 14.0. The van der Waals surface area contributed by atoms with E-state index in [4.69, 9.17) is 28.1 Å². The van der Waals surface area contributed by atoms with E-state index in [1.165, 1.54) is 0 Å². The SMILES string of the molecule is N=C(N)N(CCCc1cccnc1)C(=S)NCCOCc1ccccc1. The summed E-state index contributed by atoms with van der Waals surface area (Å²) in [5.41, 5.74) is 7.95. The molecule has 1 aromatic heterocycles. The van der Waals surface area contributed by atoms with Crippen molar-refractivity contribution in [3.8, 4) is 0 Å². The number of aryl methyl sites for hydroxylation is 1. The number of aromatic nitrogens is 1. The first-order chi connectivity index (χ1) is 12.7. The molecule has 0 aliphatic heterocycles. The molecule has 6 nitrogen and oxygen atoms in total. The number of guanidine groups is 1. The molecule has 26 heavy (non-hydrogen) atoms. The number of ether oxygens (including phenoxy) is 1. The molecule has 0 saturated carbocycles. The second-order valence-electron chi connectivity index (χ2n) is 5.77. The van der Waals surface area contributed by atoms with Gasteiger partial charge < -0.3 is 15.8 Å². The predicted octanol–water partition coefficient (Wildman–Crippen LogP) is 2.30. The number of nitrogens with zero attached hydrogens (tertiary/aromatic N) is 2. The van der Waals surface area contributed by atoms with Crippen molar-refractivity contribution in [2.24, 2.45) is 5.73 Å². The van der Waals surface area contributed by atoms with Crippen LogP contribution in [0, 0.1) is 5.41 Å². The van der Waals surface area contributed by atoms with Gasteiger partial charge in [0.2, 0.25) is 0 Å². The summed E-state index contributed by atoms with van der Waals surface area (Å²) in [4.78, 5) is 5.70. The first-order valence-corrected chi connectivity index (χ1v) is 8.97. The molecule has 0 unspecified atom stereocenters. The average Bonchev–Trinajstić information content (AvgIpc) is 2.66. The van der Waals surface area contributed by atoms with Crippen LogP contribution in [0.25, 0.3) is 0 Å². The highest BCUT2D eigenvalue weighted by molar-refractivity contribution is 7.80. The largest absolute Gasteiger partial charge is 0.375 e. The number of nitrogens with two attached hydrogens (primary N) is 1. The lowest BCUT2D eigenvalue weighted by Crippen LogP contribution is -2.47. The lowest BCUT2D eigenvalue weighted by Gasteiger charge is -2.24. The lowest BCUT2D eigenvalue weighted by molar-refractivity contribution is 0.125. The predicted molar refractivity (Wildman–Crippen MR) is 108 cm³/mol. The van der Waals surface area contributed by atoms with Crippen LogP contribution in [0.5, 0.6) is 0 Å². The third kappa shape index (κ3) is 7.16. The van der Waals surface area contributed by atoms with E-state index >= 15 is 0 Å². The smallest absolute Gasteiger partial charge is 0.194 e. The van der Waals surface area contributed by atoms with Crippen LogP contribution in [0.4, 0.5) is 0 Å². The molecule has 0 radical (unpaired) electrons. The zero-order chi connectivity index (χ0) is 18.6. The first-order valence-electron chi connectivity index (χ1n) is 8.57. The Balaban J connectivity index is 1.66. The van der Waals surface area contributed by atoms with E-state index < -0.39 is 0 Å². The molecule has 138 valence electrons. The Morgan fingerprint density at radius 3 is 2.65 bits per heavy atom. The van der Waals surface area contributed by atoms with Crippen LogP contribution in [0.3, 0.4) is 0 Å². The van der Waals surface area contributed by atoms with Crippen LogP contribution < -0.4 is 11.1 Å². The van der Waals surface area contributed by atoms with Gasteiger partial charge >= 0.3 is 0 Å². The van der Waals surface area contributed by atoms with Crippen molar-refractivity contribution < 1.29 is 4.74 Å². The van der Waals surface area contributed by atoms with E-state index in [2.05, 4.69) is 10.3 Å². The standard InChI is InChI=1S/C19H25N5OS/c20-18(21)24(12-5-9-16-8-4-10-22-14-16)19(26)23-11-13-25-15-17-6-2-1-3-7-17/h1-4,6-8,10,14H,5,9,11-13,15H2,(H3,20,21)(H,23,26). The minimum Gasteiger partial charge on any atom is -0.375 e. The maximum absolute atomic E-state index is 7.73. The summed E-state index contributed by atoms with van der Waals surface area (Å²) in [6.45, 7) is 2.24. The quantitative estimate of drug-likeness (QED) is 0.271. The molecular formula is C19H25N5OS. The van der Waals surface area contributed by atoms with E-state index in [1.54, 1.807) is 11.1 Å². The minimum absolute atomic E-state index is 0.0566. The molecule has 1 aromatic carbocycles. The molecule has 0 amide bonds. The zero-order valence-electron chi connectivity index (χ0n) is 14.7. The molecule has 7 heteroatoms. The fraction of sp³-hybridized carbons (Fsp3) is 0.316. The van der Waals surface area contributed by atoms with Crippen LogP contribution >= 0.6 is 12.2 Å². The fourth-order valence-corrected chi connectivity index (χ4v) is 2.70. The molecular weight excluding hydrogens is 346 g/mol. The second-order valence-corrected chi connectivity index (χ2v) is 6.16. The molecule has 2 aromatic rings. The second kappa shape index (κ2) is 11.2. The van der Waals surface area contributed by atoms with Crippen LogP contribution in [0.15, 0.2) is 54.9 Å². The van der Waals surface area contributed by atoms with Gasteiger partial charge in [-0.1, -0.05) is 36.4 Å². The summed E-state index contributed by atoms with van der Waals surface area (Å²) >= 11 is 5.35. The zero-order valence-corrected chi connectivity index (χ0v) is 15.5. The monoisotopic (exact) mass is 371 g/mol. The lowest BCUT2D eigenvalue weighted by atomic mass is 10.1. The van der Waals surface area contributed by atoms with Gasteiger partial charge in [0.05, 0.1) is 13.2 Å². The van der Waals surface area contributed by atoms with Gasteiger partial charge in [0.1, 0.15) is 0 Å². The van der Waals surface area contributed by atoms with E-state index in [0.29, 0.717) is 31.4 Å². The Kier molecular flexibility index (Phi) is 8.51. The molecule has 0 atom stereocenters. The Morgan fingerprint density at radius 1 is 1.19 bits per heavy atom. The molecule has 2 rings (SSSR count). The summed E-state index contributed by atoms with van der Waals surface area (Å²) in [7, 11) is 0. The Morgan fingerprint density at radius 2 is 1.96 bits per heavy atom. The van der Waals surface area contributed by atoms with Gasteiger partial charge in [-0.15, -0.1) is 0 Å². The average molecular weight is 372 g/mol. The maximum Gasteiger partial charge on any atom is 0.194 e. The van der Waals surface area contributed by atoms with Gasteiger partial charge in [0.25, 0.3) is 0 Å². The summed E-state index contributed by atoms with van der Waals surface area (Å²) in [6.07, 6.45) is 5.29. The van der Waals surface area contributed by atoms with Gasteiger partial charge in [-0.25, -0.2) is 0 Å². The first kappa shape index (κ1) is 19.8. The van der Waals surface area contributed by atoms with Crippen molar-refractivity contribution in [2.45, 2.75) is 19.4 Å². The fourth-order valence-electron chi connectivity index (χ4n) is 2.41. The van der Waals surface area contributed by atoms with Gasteiger partial charge in [-0.05, 0) is 42.3 Å². The van der Waals surface area contributed by atoms with E-state index in [0.717, 1.165) is 24.0 Å². The highest BCUT2D eigenvalue weighted by Gasteiger charge is 2.12. The Hall–Kier alpha value is -2.51. The topological polar surface area (TPSA) is 87.3 Å². The highest BCUT2D eigenvalue weighted by atomic mass is 32.1. The third-order valence-corrected chi connectivity index (χ3v) is 4.10. The van der Waals surface area contributed by atoms with Crippen LogP contribution in [0.1, 0.15) is 17.5 Å². The van der Waals surface area contributed by atoms with Crippen molar-refractivity contribution in [3.63, 3.8) is 0 Å².